The molecule has 1 amide bonds. The molecule has 4 nitrogen and oxygen atoms in total. The lowest BCUT2D eigenvalue weighted by atomic mass is 10.0. The molecule has 0 spiro atoms. The van der Waals surface area contributed by atoms with E-state index in [1.165, 1.54) is 295 Å². The lowest BCUT2D eigenvalue weighted by Crippen LogP contribution is -2.45. The summed E-state index contributed by atoms with van der Waals surface area (Å²) in [5.74, 6) is -0.0260. The van der Waals surface area contributed by atoms with E-state index in [0.29, 0.717) is 12.8 Å². The van der Waals surface area contributed by atoms with Gasteiger partial charge in [0.15, 0.2) is 0 Å². The summed E-state index contributed by atoms with van der Waals surface area (Å²) in [7, 11) is 0. The number of aliphatic hydroxyl groups excluding tert-OH is 2. The minimum atomic E-state index is -0.652. The van der Waals surface area contributed by atoms with Crippen LogP contribution in [0, 0.1) is 0 Å². The summed E-state index contributed by atoms with van der Waals surface area (Å²) in [5.41, 5.74) is 0. The predicted molar refractivity (Wildman–Crippen MR) is 276 cm³/mol. The van der Waals surface area contributed by atoms with Crippen LogP contribution in [0.25, 0.3) is 0 Å². The number of unbranched alkanes of at least 4 members (excludes halogenated alkanes) is 48. The van der Waals surface area contributed by atoms with Crippen LogP contribution in [-0.2, 0) is 4.79 Å². The molecule has 0 rings (SSSR count). The molecule has 2 unspecified atom stereocenters. The minimum absolute atomic E-state index is 0.0260. The summed E-state index contributed by atoms with van der Waals surface area (Å²) in [6, 6.07) is -0.529. The van der Waals surface area contributed by atoms with E-state index in [-0.39, 0.29) is 12.5 Å². The average Bonchev–Trinajstić information content (AvgIpc) is 3.28. The van der Waals surface area contributed by atoms with Gasteiger partial charge in [-0.05, 0) is 12.8 Å². The fourth-order valence-corrected chi connectivity index (χ4v) is 9.66. The SMILES string of the molecule is CCCCCCCCCCCCCCCCCCCCCCCCCCCCCCCCCCCCCCCCCCCC(=O)NC(CO)C(O)CCCCCCCCCCC. The molecule has 0 bridgehead atoms. The van der Waals surface area contributed by atoms with Crippen molar-refractivity contribution in [2.75, 3.05) is 6.61 Å². The van der Waals surface area contributed by atoms with Crippen LogP contribution in [0.4, 0.5) is 0 Å². The number of amides is 1. The monoisotopic (exact) mass is 876 g/mol. The van der Waals surface area contributed by atoms with E-state index < -0.39 is 12.1 Å². The first kappa shape index (κ1) is 61.4. The van der Waals surface area contributed by atoms with Gasteiger partial charge in [-0.15, -0.1) is 0 Å². The van der Waals surface area contributed by atoms with Crippen molar-refractivity contribution in [1.82, 2.24) is 5.32 Å². The number of carbonyl (C=O) groups is 1. The van der Waals surface area contributed by atoms with Crippen LogP contribution in [0.2, 0.25) is 0 Å². The van der Waals surface area contributed by atoms with Gasteiger partial charge in [-0.25, -0.2) is 0 Å². The number of rotatable bonds is 55. The fourth-order valence-electron chi connectivity index (χ4n) is 9.66. The van der Waals surface area contributed by atoms with E-state index >= 15 is 0 Å². The molecule has 0 saturated carbocycles. The largest absolute Gasteiger partial charge is 0.394 e. The number of aliphatic hydroxyl groups is 2. The Kier molecular flexibility index (Phi) is 54.2. The van der Waals surface area contributed by atoms with E-state index in [1.807, 2.05) is 0 Å². The molecular formula is C58H117NO3. The van der Waals surface area contributed by atoms with Gasteiger partial charge in [-0.1, -0.05) is 328 Å². The Morgan fingerprint density at radius 1 is 0.323 bits per heavy atom. The van der Waals surface area contributed by atoms with Crippen molar-refractivity contribution in [2.24, 2.45) is 0 Å². The summed E-state index contributed by atoms with van der Waals surface area (Å²) in [5, 5.41) is 23.1. The quantitative estimate of drug-likeness (QED) is 0.0533. The molecule has 0 saturated heterocycles. The van der Waals surface area contributed by atoms with Crippen molar-refractivity contribution in [3.05, 3.63) is 0 Å². The van der Waals surface area contributed by atoms with Crippen molar-refractivity contribution in [3.63, 3.8) is 0 Å². The van der Waals surface area contributed by atoms with E-state index in [4.69, 9.17) is 0 Å². The number of nitrogens with one attached hydrogen (secondary N) is 1. The third-order valence-electron chi connectivity index (χ3n) is 14.1. The van der Waals surface area contributed by atoms with Crippen LogP contribution < -0.4 is 5.32 Å². The zero-order valence-corrected chi connectivity index (χ0v) is 42.9. The first-order chi connectivity index (χ1) is 30.7. The van der Waals surface area contributed by atoms with Gasteiger partial charge in [0.05, 0.1) is 18.8 Å². The molecular weight excluding hydrogens is 759 g/mol. The van der Waals surface area contributed by atoms with Crippen molar-refractivity contribution in [1.29, 1.82) is 0 Å². The van der Waals surface area contributed by atoms with E-state index in [2.05, 4.69) is 19.2 Å². The first-order valence-corrected chi connectivity index (χ1v) is 29.2. The van der Waals surface area contributed by atoms with E-state index in [9.17, 15) is 15.0 Å². The highest BCUT2D eigenvalue weighted by Gasteiger charge is 2.20. The molecule has 0 aromatic heterocycles. The van der Waals surface area contributed by atoms with Crippen molar-refractivity contribution in [2.45, 2.75) is 360 Å². The maximum absolute atomic E-state index is 12.4. The summed E-state index contributed by atoms with van der Waals surface area (Å²) in [6.07, 6.45) is 70.0. The predicted octanol–water partition coefficient (Wildman–Crippen LogP) is 19.1. The normalized spacial score (nSPS) is 12.6. The van der Waals surface area contributed by atoms with Gasteiger partial charge in [0.2, 0.25) is 5.91 Å². The second kappa shape index (κ2) is 54.7. The smallest absolute Gasteiger partial charge is 0.220 e. The second-order valence-corrected chi connectivity index (χ2v) is 20.4. The Morgan fingerprint density at radius 3 is 0.726 bits per heavy atom. The Hall–Kier alpha value is -0.610. The van der Waals surface area contributed by atoms with Gasteiger partial charge in [0, 0.05) is 6.42 Å². The van der Waals surface area contributed by atoms with Crippen LogP contribution in [0.1, 0.15) is 348 Å². The molecule has 0 aliphatic rings. The summed E-state index contributed by atoms with van der Waals surface area (Å²) in [4.78, 5) is 12.4. The van der Waals surface area contributed by atoms with Gasteiger partial charge in [-0.3, -0.25) is 4.79 Å². The van der Waals surface area contributed by atoms with E-state index in [1.54, 1.807) is 0 Å². The summed E-state index contributed by atoms with van der Waals surface area (Å²) >= 11 is 0. The Bertz CT molecular complexity index is 819. The molecule has 0 fully saturated rings. The van der Waals surface area contributed by atoms with Gasteiger partial charge in [0.1, 0.15) is 0 Å². The number of carbonyl (C=O) groups excluding carboxylic acids is 1. The topological polar surface area (TPSA) is 69.6 Å². The molecule has 0 aliphatic heterocycles. The first-order valence-electron chi connectivity index (χ1n) is 29.2. The summed E-state index contributed by atoms with van der Waals surface area (Å²) < 4.78 is 0. The van der Waals surface area contributed by atoms with Gasteiger partial charge >= 0.3 is 0 Å². The third-order valence-corrected chi connectivity index (χ3v) is 14.1. The highest BCUT2D eigenvalue weighted by atomic mass is 16.3. The molecule has 0 heterocycles. The lowest BCUT2D eigenvalue weighted by molar-refractivity contribution is -0.123. The molecule has 0 aliphatic carbocycles. The van der Waals surface area contributed by atoms with Gasteiger partial charge in [-0.2, -0.15) is 0 Å². The molecule has 0 aromatic rings. The Balaban J connectivity index is 3.26. The molecule has 62 heavy (non-hydrogen) atoms. The fraction of sp³-hybridized carbons (Fsp3) is 0.983. The average molecular weight is 877 g/mol. The Labute approximate surface area is 391 Å². The third kappa shape index (κ3) is 50.4. The van der Waals surface area contributed by atoms with Crippen molar-refractivity contribution >= 4 is 5.91 Å². The van der Waals surface area contributed by atoms with Crippen LogP contribution in [0.15, 0.2) is 0 Å². The van der Waals surface area contributed by atoms with Crippen LogP contribution in [0.5, 0.6) is 0 Å². The minimum Gasteiger partial charge on any atom is -0.394 e. The van der Waals surface area contributed by atoms with Crippen LogP contribution in [0.3, 0.4) is 0 Å². The second-order valence-electron chi connectivity index (χ2n) is 20.4. The molecule has 4 heteroatoms. The van der Waals surface area contributed by atoms with Crippen LogP contribution in [-0.4, -0.2) is 34.9 Å². The standard InChI is InChI=1S/C58H117NO3/c1-3-5-7-9-11-13-14-15-16-17-18-19-20-21-22-23-24-25-26-27-28-29-30-31-32-33-34-35-36-37-38-39-40-41-42-43-44-46-48-50-52-54-58(62)59-56(55-60)57(61)53-51-49-47-45-12-10-8-6-4-2/h56-57,60-61H,3-55H2,1-2H3,(H,59,62). The molecule has 2 atom stereocenters. The molecule has 372 valence electrons. The zero-order valence-electron chi connectivity index (χ0n) is 42.9. The Morgan fingerprint density at radius 2 is 0.516 bits per heavy atom. The number of hydrogen-bond donors (Lipinski definition) is 3. The molecule has 0 aromatic carbocycles. The van der Waals surface area contributed by atoms with Crippen LogP contribution >= 0.6 is 0 Å². The van der Waals surface area contributed by atoms with E-state index in [0.717, 1.165) is 25.7 Å². The van der Waals surface area contributed by atoms with Crippen molar-refractivity contribution < 1.29 is 15.0 Å². The maximum atomic E-state index is 12.4. The zero-order chi connectivity index (χ0) is 44.9. The summed E-state index contributed by atoms with van der Waals surface area (Å²) in [6.45, 7) is 4.37. The van der Waals surface area contributed by atoms with Gasteiger partial charge < -0.3 is 15.5 Å². The number of hydrogen-bond acceptors (Lipinski definition) is 3. The van der Waals surface area contributed by atoms with Gasteiger partial charge in [0.25, 0.3) is 0 Å². The van der Waals surface area contributed by atoms with Crippen molar-refractivity contribution in [3.8, 4) is 0 Å². The lowest BCUT2D eigenvalue weighted by Gasteiger charge is -2.22. The highest BCUT2D eigenvalue weighted by Crippen LogP contribution is 2.19. The maximum Gasteiger partial charge on any atom is 0.220 e. The molecule has 0 radical (unpaired) electrons. The molecule has 3 N–H and O–H groups in total. The highest BCUT2D eigenvalue weighted by molar-refractivity contribution is 5.76.